The molecule has 1 aromatic heterocycles. The van der Waals surface area contributed by atoms with E-state index in [1.54, 1.807) is 48.2 Å². The molecule has 142 valence electrons. The molecule has 27 heavy (non-hydrogen) atoms. The minimum atomic E-state index is -0.465. The third-order valence-electron chi connectivity index (χ3n) is 4.57. The molecule has 1 fully saturated rings. The Morgan fingerprint density at radius 3 is 2.56 bits per heavy atom. The maximum Gasteiger partial charge on any atom is 0.340 e. The Bertz CT molecular complexity index is 808. The van der Waals surface area contributed by atoms with Crippen molar-refractivity contribution >= 4 is 23.5 Å². The van der Waals surface area contributed by atoms with Gasteiger partial charge in [0.25, 0.3) is 5.91 Å². The molecular formula is C20H22N2O5. The number of rotatable bonds is 5. The van der Waals surface area contributed by atoms with Crippen LogP contribution in [0, 0.1) is 5.92 Å². The van der Waals surface area contributed by atoms with Crippen LogP contribution in [0.15, 0.2) is 47.1 Å². The van der Waals surface area contributed by atoms with Gasteiger partial charge in [-0.1, -0.05) is 12.1 Å². The van der Waals surface area contributed by atoms with E-state index < -0.39 is 5.97 Å². The Hall–Kier alpha value is -3.09. The zero-order valence-electron chi connectivity index (χ0n) is 15.1. The number of ether oxygens (including phenoxy) is 1. The highest BCUT2D eigenvalue weighted by atomic mass is 16.5. The van der Waals surface area contributed by atoms with Gasteiger partial charge >= 0.3 is 5.97 Å². The third-order valence-corrected chi connectivity index (χ3v) is 4.57. The van der Waals surface area contributed by atoms with Gasteiger partial charge in [0.05, 0.1) is 24.1 Å². The molecule has 0 saturated carbocycles. The largest absolute Gasteiger partial charge is 0.462 e. The van der Waals surface area contributed by atoms with Crippen LogP contribution in [0.25, 0.3) is 0 Å². The van der Waals surface area contributed by atoms with Crippen LogP contribution in [0.2, 0.25) is 0 Å². The van der Waals surface area contributed by atoms with Crippen LogP contribution in [-0.4, -0.2) is 42.4 Å². The number of piperidine rings is 1. The fourth-order valence-electron chi connectivity index (χ4n) is 3.11. The number of anilines is 1. The molecular weight excluding hydrogens is 348 g/mol. The van der Waals surface area contributed by atoms with Crippen molar-refractivity contribution in [3.8, 4) is 0 Å². The zero-order valence-corrected chi connectivity index (χ0v) is 15.1. The molecule has 1 aliphatic rings. The van der Waals surface area contributed by atoms with Crippen LogP contribution < -0.4 is 5.32 Å². The topological polar surface area (TPSA) is 88.9 Å². The van der Waals surface area contributed by atoms with Crippen molar-refractivity contribution in [2.45, 2.75) is 19.8 Å². The number of furan rings is 1. The van der Waals surface area contributed by atoms with E-state index in [1.165, 1.54) is 6.26 Å². The predicted octanol–water partition coefficient (Wildman–Crippen LogP) is 2.95. The number of likely N-dealkylation sites (tertiary alicyclic amines) is 1. The first-order valence-electron chi connectivity index (χ1n) is 9.00. The number of nitrogens with one attached hydrogen (secondary N) is 1. The van der Waals surface area contributed by atoms with Crippen LogP contribution in [-0.2, 0) is 9.53 Å². The van der Waals surface area contributed by atoms with E-state index in [9.17, 15) is 14.4 Å². The van der Waals surface area contributed by atoms with Crippen molar-refractivity contribution in [2.24, 2.45) is 5.92 Å². The lowest BCUT2D eigenvalue weighted by Crippen LogP contribution is -2.41. The molecule has 2 aromatic rings. The van der Waals surface area contributed by atoms with Gasteiger partial charge < -0.3 is 19.4 Å². The molecule has 0 atom stereocenters. The zero-order chi connectivity index (χ0) is 19.2. The summed E-state index contributed by atoms with van der Waals surface area (Å²) >= 11 is 0. The highest BCUT2D eigenvalue weighted by Crippen LogP contribution is 2.23. The minimum absolute atomic E-state index is 0.156. The summed E-state index contributed by atoms with van der Waals surface area (Å²) in [4.78, 5) is 38.6. The van der Waals surface area contributed by atoms with Crippen molar-refractivity contribution in [3.63, 3.8) is 0 Å². The van der Waals surface area contributed by atoms with E-state index in [1.807, 2.05) is 0 Å². The minimum Gasteiger partial charge on any atom is -0.462 e. The molecule has 0 radical (unpaired) electrons. The molecule has 0 spiro atoms. The summed E-state index contributed by atoms with van der Waals surface area (Å²) in [5.41, 5.74) is 0.771. The molecule has 2 heterocycles. The lowest BCUT2D eigenvalue weighted by atomic mass is 9.95. The van der Waals surface area contributed by atoms with E-state index in [4.69, 9.17) is 9.15 Å². The SMILES string of the molecule is CCOC(=O)c1ccccc1NC(=O)C1CCN(C(=O)c2ccco2)CC1. The first kappa shape index (κ1) is 18.7. The van der Waals surface area contributed by atoms with Gasteiger partial charge in [-0.25, -0.2) is 4.79 Å². The van der Waals surface area contributed by atoms with Gasteiger partial charge in [-0.05, 0) is 44.0 Å². The van der Waals surface area contributed by atoms with Gasteiger partial charge in [-0.2, -0.15) is 0 Å². The predicted molar refractivity (Wildman–Crippen MR) is 98.4 cm³/mol. The first-order valence-corrected chi connectivity index (χ1v) is 9.00. The van der Waals surface area contributed by atoms with Gasteiger partial charge in [0.1, 0.15) is 0 Å². The molecule has 1 aliphatic heterocycles. The second-order valence-corrected chi connectivity index (χ2v) is 6.30. The maximum atomic E-state index is 12.6. The summed E-state index contributed by atoms with van der Waals surface area (Å²) < 4.78 is 10.2. The summed E-state index contributed by atoms with van der Waals surface area (Å²) in [6.45, 7) is 2.97. The fourth-order valence-corrected chi connectivity index (χ4v) is 3.11. The lowest BCUT2D eigenvalue weighted by Gasteiger charge is -2.30. The van der Waals surface area contributed by atoms with Crippen molar-refractivity contribution in [2.75, 3.05) is 25.0 Å². The second-order valence-electron chi connectivity index (χ2n) is 6.30. The first-order chi connectivity index (χ1) is 13.1. The number of esters is 1. The molecule has 2 amide bonds. The molecule has 3 rings (SSSR count). The smallest absolute Gasteiger partial charge is 0.340 e. The molecule has 0 bridgehead atoms. The number of para-hydroxylation sites is 1. The Kier molecular flexibility index (Phi) is 5.90. The molecule has 1 aromatic carbocycles. The van der Waals surface area contributed by atoms with E-state index in [0.717, 1.165) is 0 Å². The lowest BCUT2D eigenvalue weighted by molar-refractivity contribution is -0.121. The Morgan fingerprint density at radius 2 is 1.89 bits per heavy atom. The van der Waals surface area contributed by atoms with Gasteiger partial charge in [0, 0.05) is 19.0 Å². The molecule has 7 heteroatoms. The van der Waals surface area contributed by atoms with Crippen LogP contribution in [0.4, 0.5) is 5.69 Å². The van der Waals surface area contributed by atoms with E-state index in [2.05, 4.69) is 5.32 Å². The number of nitrogens with zero attached hydrogens (tertiary/aromatic N) is 1. The molecule has 1 saturated heterocycles. The van der Waals surface area contributed by atoms with Crippen LogP contribution >= 0.6 is 0 Å². The van der Waals surface area contributed by atoms with E-state index >= 15 is 0 Å². The number of hydrogen-bond donors (Lipinski definition) is 1. The molecule has 0 unspecified atom stereocenters. The number of benzene rings is 1. The van der Waals surface area contributed by atoms with Crippen molar-refractivity contribution < 1.29 is 23.5 Å². The molecule has 1 N–H and O–H groups in total. The Labute approximate surface area is 157 Å². The number of hydrogen-bond acceptors (Lipinski definition) is 5. The van der Waals surface area contributed by atoms with E-state index in [-0.39, 0.29) is 24.3 Å². The Morgan fingerprint density at radius 1 is 1.15 bits per heavy atom. The van der Waals surface area contributed by atoms with E-state index in [0.29, 0.717) is 42.9 Å². The fraction of sp³-hybridized carbons (Fsp3) is 0.350. The summed E-state index contributed by atoms with van der Waals surface area (Å²) in [6, 6.07) is 10.1. The van der Waals surface area contributed by atoms with Crippen molar-refractivity contribution in [1.82, 2.24) is 4.90 Å². The highest BCUT2D eigenvalue weighted by Gasteiger charge is 2.29. The average Bonchev–Trinajstić information content (AvgIpc) is 3.23. The Balaban J connectivity index is 1.59. The number of amides is 2. The molecule has 7 nitrogen and oxygen atoms in total. The standard InChI is InChI=1S/C20H22N2O5/c1-2-26-20(25)15-6-3-4-7-16(15)21-18(23)14-9-11-22(12-10-14)19(24)17-8-5-13-27-17/h3-8,13-14H,2,9-12H2,1H3,(H,21,23). The molecule has 0 aliphatic carbocycles. The van der Waals surface area contributed by atoms with Gasteiger partial charge in [0.15, 0.2) is 5.76 Å². The average molecular weight is 370 g/mol. The van der Waals surface area contributed by atoms with Crippen LogP contribution in [0.1, 0.15) is 40.7 Å². The monoisotopic (exact) mass is 370 g/mol. The summed E-state index contributed by atoms with van der Waals surface area (Å²) in [7, 11) is 0. The van der Waals surface area contributed by atoms with Crippen LogP contribution in [0.5, 0.6) is 0 Å². The van der Waals surface area contributed by atoms with Gasteiger partial charge in [-0.15, -0.1) is 0 Å². The second kappa shape index (κ2) is 8.53. The summed E-state index contributed by atoms with van der Waals surface area (Å²) in [5, 5.41) is 2.83. The van der Waals surface area contributed by atoms with Gasteiger partial charge in [0.2, 0.25) is 5.91 Å². The summed E-state index contributed by atoms with van der Waals surface area (Å²) in [6.07, 6.45) is 2.58. The van der Waals surface area contributed by atoms with Crippen LogP contribution in [0.3, 0.4) is 0 Å². The van der Waals surface area contributed by atoms with Crippen molar-refractivity contribution in [1.29, 1.82) is 0 Å². The van der Waals surface area contributed by atoms with Gasteiger partial charge in [-0.3, -0.25) is 9.59 Å². The maximum absolute atomic E-state index is 12.6. The number of carbonyl (C=O) groups is 3. The third kappa shape index (κ3) is 4.36. The van der Waals surface area contributed by atoms with Crippen molar-refractivity contribution in [3.05, 3.63) is 54.0 Å². The number of carbonyl (C=O) groups excluding carboxylic acids is 3. The quantitative estimate of drug-likeness (QED) is 0.818. The summed E-state index contributed by atoms with van der Waals surface area (Å²) in [5.74, 6) is -0.696. The normalized spacial score (nSPS) is 14.6. The highest BCUT2D eigenvalue weighted by molar-refractivity contribution is 6.02.